The van der Waals surface area contributed by atoms with E-state index in [1.54, 1.807) is 0 Å². The molecule has 2 unspecified atom stereocenters. The van der Waals surface area contributed by atoms with E-state index in [1.807, 2.05) is 0 Å². The number of phosphoric ester groups is 2. The van der Waals surface area contributed by atoms with Gasteiger partial charge in [-0.25, -0.2) is 9.13 Å². The number of rotatable bonds is 62. The van der Waals surface area contributed by atoms with E-state index < -0.39 is 97.5 Å². The third kappa shape index (κ3) is 57.2. The second-order valence-corrected chi connectivity index (χ2v) is 26.7. The number of phosphoric acid groups is 2. The smallest absolute Gasteiger partial charge is 0.462 e. The molecule has 0 aliphatic rings. The fraction of sp³-hybridized carbons (Fsp3) is 0.937. The summed E-state index contributed by atoms with van der Waals surface area (Å²) in [5, 5.41) is 10.5. The van der Waals surface area contributed by atoms with E-state index in [2.05, 4.69) is 41.5 Å². The van der Waals surface area contributed by atoms with Gasteiger partial charge in [0.15, 0.2) is 12.2 Å². The Morgan fingerprint density at radius 2 is 0.561 bits per heavy atom. The highest BCUT2D eigenvalue weighted by atomic mass is 31.2. The standard InChI is InChI=1S/C63H122O17P2/c1-7-9-11-13-15-16-17-18-19-20-29-35-41-47-62(67)79-59(52-74-61(66)46-40-34-28-23-21-26-31-37-43-55(3)4)54-78-82(71,72)76-50-57(64)49-75-81(69,70)77-53-58(51-73-60(65)45-39-33-25-14-12-10-8-2)80-63(68)48-42-36-30-24-22-27-32-38-44-56(5)6/h55-59,64H,7-54H2,1-6H3,(H,69,70)(H,71,72)/t57-,58+,59+/m0/s1. The summed E-state index contributed by atoms with van der Waals surface area (Å²) in [7, 11) is -9.88. The molecule has 0 aromatic heterocycles. The summed E-state index contributed by atoms with van der Waals surface area (Å²) in [5.74, 6) is -0.695. The van der Waals surface area contributed by atoms with Gasteiger partial charge >= 0.3 is 39.5 Å². The van der Waals surface area contributed by atoms with Gasteiger partial charge in [-0.15, -0.1) is 0 Å². The van der Waals surface area contributed by atoms with Crippen molar-refractivity contribution in [3.05, 3.63) is 0 Å². The lowest BCUT2D eigenvalue weighted by molar-refractivity contribution is -0.161. The molecule has 82 heavy (non-hydrogen) atoms. The average molecular weight is 1210 g/mol. The predicted molar refractivity (Wildman–Crippen MR) is 326 cm³/mol. The summed E-state index contributed by atoms with van der Waals surface area (Å²) >= 11 is 0. The molecular formula is C63H122O17P2. The first-order chi connectivity index (χ1) is 39.4. The highest BCUT2D eigenvalue weighted by Gasteiger charge is 2.30. The number of aliphatic hydroxyl groups excluding tert-OH is 1. The molecule has 19 heteroatoms. The van der Waals surface area contributed by atoms with Crippen LogP contribution in [0.1, 0.15) is 311 Å². The predicted octanol–water partition coefficient (Wildman–Crippen LogP) is 17.3. The van der Waals surface area contributed by atoms with E-state index in [0.29, 0.717) is 25.7 Å². The normalized spacial score (nSPS) is 14.3. The van der Waals surface area contributed by atoms with Crippen LogP contribution >= 0.6 is 15.6 Å². The van der Waals surface area contributed by atoms with Gasteiger partial charge in [0.25, 0.3) is 0 Å². The second-order valence-electron chi connectivity index (χ2n) is 23.7. The lowest BCUT2D eigenvalue weighted by Crippen LogP contribution is -2.30. The Morgan fingerprint density at radius 1 is 0.329 bits per heavy atom. The number of aliphatic hydroxyl groups is 1. The molecule has 17 nitrogen and oxygen atoms in total. The van der Waals surface area contributed by atoms with Crippen molar-refractivity contribution in [1.82, 2.24) is 0 Å². The molecule has 0 aromatic carbocycles. The van der Waals surface area contributed by atoms with E-state index in [9.17, 15) is 43.2 Å². The Bertz CT molecular complexity index is 1620. The first-order valence-corrected chi connectivity index (χ1v) is 36.0. The van der Waals surface area contributed by atoms with Crippen LogP contribution in [0.15, 0.2) is 0 Å². The number of carbonyl (C=O) groups is 4. The van der Waals surface area contributed by atoms with Gasteiger partial charge in [0, 0.05) is 25.7 Å². The monoisotopic (exact) mass is 1210 g/mol. The fourth-order valence-corrected chi connectivity index (χ4v) is 10.9. The number of esters is 4. The van der Waals surface area contributed by atoms with Crippen molar-refractivity contribution in [2.24, 2.45) is 11.8 Å². The maximum absolute atomic E-state index is 13.0. The Hall–Kier alpha value is -1.94. The van der Waals surface area contributed by atoms with E-state index >= 15 is 0 Å². The van der Waals surface area contributed by atoms with Crippen molar-refractivity contribution in [3.8, 4) is 0 Å². The van der Waals surface area contributed by atoms with Gasteiger partial charge in [0.2, 0.25) is 0 Å². The van der Waals surface area contributed by atoms with Crippen LogP contribution in [0.2, 0.25) is 0 Å². The number of hydrogen-bond donors (Lipinski definition) is 3. The second kappa shape index (κ2) is 55.6. The zero-order valence-corrected chi connectivity index (χ0v) is 54.6. The molecule has 0 rings (SSSR count). The van der Waals surface area contributed by atoms with Crippen molar-refractivity contribution in [1.29, 1.82) is 0 Å². The van der Waals surface area contributed by atoms with Gasteiger partial charge in [-0.3, -0.25) is 37.3 Å². The van der Waals surface area contributed by atoms with Crippen molar-refractivity contribution in [2.45, 2.75) is 330 Å². The number of ether oxygens (including phenoxy) is 4. The summed E-state index contributed by atoms with van der Waals surface area (Å²) in [4.78, 5) is 72.1. The van der Waals surface area contributed by atoms with Gasteiger partial charge in [-0.1, -0.05) is 260 Å². The Labute approximate surface area is 498 Å². The Balaban J connectivity index is 5.22. The first kappa shape index (κ1) is 80.1. The van der Waals surface area contributed by atoms with Crippen molar-refractivity contribution in [3.63, 3.8) is 0 Å². The third-order valence-corrected chi connectivity index (χ3v) is 16.4. The highest BCUT2D eigenvalue weighted by Crippen LogP contribution is 2.45. The summed E-state index contributed by atoms with van der Waals surface area (Å²) in [6, 6.07) is 0. The molecule has 0 amide bonds. The summed E-state index contributed by atoms with van der Waals surface area (Å²) in [5.41, 5.74) is 0. The van der Waals surface area contributed by atoms with Crippen LogP contribution in [0.3, 0.4) is 0 Å². The minimum atomic E-state index is -4.94. The Kier molecular flexibility index (Phi) is 54.3. The molecular weight excluding hydrogens is 1090 g/mol. The zero-order chi connectivity index (χ0) is 60.8. The lowest BCUT2D eigenvalue weighted by atomic mass is 10.0. The maximum Gasteiger partial charge on any atom is 0.472 e. The summed E-state index contributed by atoms with van der Waals surface area (Å²) in [6.07, 6.45) is 37.7. The lowest BCUT2D eigenvalue weighted by Gasteiger charge is -2.21. The number of carbonyl (C=O) groups excluding carboxylic acids is 4. The molecule has 0 aliphatic heterocycles. The molecule has 0 spiro atoms. The van der Waals surface area contributed by atoms with Crippen LogP contribution in [-0.4, -0.2) is 96.7 Å². The van der Waals surface area contributed by atoms with E-state index in [4.69, 9.17) is 37.0 Å². The van der Waals surface area contributed by atoms with Crippen LogP contribution in [0, 0.1) is 11.8 Å². The van der Waals surface area contributed by atoms with Gasteiger partial charge in [0.1, 0.15) is 19.3 Å². The van der Waals surface area contributed by atoms with Crippen molar-refractivity contribution < 1.29 is 80.2 Å². The van der Waals surface area contributed by atoms with Gasteiger partial charge < -0.3 is 33.8 Å². The molecule has 0 aromatic rings. The quantitative estimate of drug-likeness (QED) is 0.0222. The number of hydrogen-bond acceptors (Lipinski definition) is 15. The minimum Gasteiger partial charge on any atom is -0.462 e. The Morgan fingerprint density at radius 3 is 0.829 bits per heavy atom. The zero-order valence-electron chi connectivity index (χ0n) is 52.8. The minimum absolute atomic E-state index is 0.104. The molecule has 486 valence electrons. The topological polar surface area (TPSA) is 237 Å². The molecule has 5 atom stereocenters. The van der Waals surface area contributed by atoms with Gasteiger partial charge in [-0.2, -0.15) is 0 Å². The fourth-order valence-electron chi connectivity index (χ4n) is 9.35. The third-order valence-electron chi connectivity index (χ3n) is 14.5. The molecule has 3 N–H and O–H groups in total. The van der Waals surface area contributed by atoms with E-state index in [0.717, 1.165) is 115 Å². The van der Waals surface area contributed by atoms with E-state index in [1.165, 1.54) is 116 Å². The van der Waals surface area contributed by atoms with Crippen LogP contribution in [0.25, 0.3) is 0 Å². The highest BCUT2D eigenvalue weighted by molar-refractivity contribution is 7.47. The van der Waals surface area contributed by atoms with Crippen LogP contribution in [-0.2, 0) is 65.4 Å². The maximum atomic E-state index is 13.0. The first-order valence-electron chi connectivity index (χ1n) is 33.0. The average Bonchev–Trinajstić information content (AvgIpc) is 3.45. The molecule has 0 aliphatic carbocycles. The van der Waals surface area contributed by atoms with Gasteiger partial charge in [0.05, 0.1) is 26.4 Å². The van der Waals surface area contributed by atoms with Gasteiger partial charge in [-0.05, 0) is 37.5 Å². The molecule has 0 heterocycles. The van der Waals surface area contributed by atoms with E-state index in [-0.39, 0.29) is 25.7 Å². The van der Waals surface area contributed by atoms with Crippen molar-refractivity contribution in [2.75, 3.05) is 39.6 Å². The number of unbranched alkanes of at least 4 members (excludes halogenated alkanes) is 32. The molecule has 0 saturated heterocycles. The molecule has 0 fully saturated rings. The summed E-state index contributed by atoms with van der Waals surface area (Å²) < 4.78 is 67.9. The molecule has 0 saturated carbocycles. The van der Waals surface area contributed by atoms with Crippen LogP contribution < -0.4 is 0 Å². The SMILES string of the molecule is CCCCCCCCCCCCCCCC(=O)O[C@H](COC(=O)CCCCCCCCCCC(C)C)COP(=O)(O)OC[C@@H](O)COP(=O)(O)OC[C@@H](COC(=O)CCCCCCCCC)OC(=O)CCCCCCCCCCC(C)C. The van der Waals surface area contributed by atoms with Crippen molar-refractivity contribution >= 4 is 39.5 Å². The summed E-state index contributed by atoms with van der Waals surface area (Å²) in [6.45, 7) is 9.37. The largest absolute Gasteiger partial charge is 0.472 e. The van der Waals surface area contributed by atoms with Crippen LogP contribution in [0.4, 0.5) is 0 Å². The van der Waals surface area contributed by atoms with Crippen LogP contribution in [0.5, 0.6) is 0 Å². The molecule has 0 radical (unpaired) electrons. The molecule has 0 bridgehead atoms.